The summed E-state index contributed by atoms with van der Waals surface area (Å²) in [6, 6.07) is 26.1. The minimum Gasteiger partial charge on any atom is -0.489 e. The van der Waals surface area contributed by atoms with Gasteiger partial charge in [0.1, 0.15) is 29.8 Å². The van der Waals surface area contributed by atoms with Crippen LogP contribution in [0.1, 0.15) is 56.7 Å². The van der Waals surface area contributed by atoms with Crippen LogP contribution < -0.4 is 10.1 Å². The van der Waals surface area contributed by atoms with Crippen molar-refractivity contribution in [1.29, 1.82) is 0 Å². The standard InChI is InChI=1S/C35H42N2O5/c1-5-6-17-30(38)22-23-37(25-28-18-20-31(21-19-28)41-26-29-15-11-8-12-16-29)33(39)32(24-27-13-9-7-10-14-27)36-34(40)42-35(2,3)4/h5,7-16,18-21,32H,1,6,17,22-26H2,2-4H3,(H,36,40)/t32-/m0/s1. The summed E-state index contributed by atoms with van der Waals surface area (Å²) in [5.41, 5.74) is 2.13. The van der Waals surface area contributed by atoms with Crippen molar-refractivity contribution < 1.29 is 23.9 Å². The van der Waals surface area contributed by atoms with Crippen LogP contribution >= 0.6 is 0 Å². The third-order valence-electron chi connectivity index (χ3n) is 6.42. The summed E-state index contributed by atoms with van der Waals surface area (Å²) in [6.45, 7) is 9.95. The minimum absolute atomic E-state index is 0.0528. The second kappa shape index (κ2) is 16.2. The number of Topliss-reactive ketones (excluding diaryl/α,β-unsaturated/α-hetero) is 1. The highest BCUT2D eigenvalue weighted by Crippen LogP contribution is 2.18. The lowest BCUT2D eigenvalue weighted by Crippen LogP contribution is -2.51. The van der Waals surface area contributed by atoms with E-state index in [0.717, 1.165) is 16.7 Å². The quantitative estimate of drug-likeness (QED) is 0.207. The molecule has 3 rings (SSSR count). The molecule has 0 unspecified atom stereocenters. The first-order valence-corrected chi connectivity index (χ1v) is 14.3. The van der Waals surface area contributed by atoms with Crippen LogP contribution in [-0.4, -0.2) is 40.9 Å². The monoisotopic (exact) mass is 570 g/mol. The molecule has 7 heteroatoms. The molecule has 0 aliphatic heterocycles. The largest absolute Gasteiger partial charge is 0.489 e. The average molecular weight is 571 g/mol. The van der Waals surface area contributed by atoms with Gasteiger partial charge >= 0.3 is 6.09 Å². The third-order valence-corrected chi connectivity index (χ3v) is 6.42. The van der Waals surface area contributed by atoms with Crippen molar-refractivity contribution >= 4 is 17.8 Å². The van der Waals surface area contributed by atoms with Crippen molar-refractivity contribution in [2.45, 2.75) is 71.2 Å². The van der Waals surface area contributed by atoms with E-state index in [0.29, 0.717) is 25.2 Å². The number of alkyl carbamates (subject to hydrolysis) is 1. The summed E-state index contributed by atoms with van der Waals surface area (Å²) in [7, 11) is 0. The van der Waals surface area contributed by atoms with Gasteiger partial charge < -0.3 is 19.7 Å². The first kappa shape index (κ1) is 32.1. The Kier molecular flexibility index (Phi) is 12.4. The SMILES string of the molecule is C=CCCC(=O)CCN(Cc1ccc(OCc2ccccc2)cc1)C(=O)[C@H](Cc1ccccc1)NC(=O)OC(C)(C)C. The fraction of sp³-hybridized carbons (Fsp3) is 0.343. The maximum absolute atomic E-state index is 14.0. The zero-order chi connectivity index (χ0) is 30.4. The van der Waals surface area contributed by atoms with Crippen LogP contribution in [0.3, 0.4) is 0 Å². The van der Waals surface area contributed by atoms with Crippen molar-refractivity contribution in [3.8, 4) is 5.75 Å². The van der Waals surface area contributed by atoms with Gasteiger partial charge in [0.25, 0.3) is 0 Å². The first-order chi connectivity index (χ1) is 20.1. The fourth-order valence-corrected chi connectivity index (χ4v) is 4.29. The topological polar surface area (TPSA) is 84.9 Å². The predicted molar refractivity (Wildman–Crippen MR) is 165 cm³/mol. The Morgan fingerprint density at radius 2 is 1.48 bits per heavy atom. The minimum atomic E-state index is -0.876. The maximum atomic E-state index is 14.0. The molecule has 3 aromatic carbocycles. The molecular weight excluding hydrogens is 528 g/mol. The number of nitrogens with one attached hydrogen (secondary N) is 1. The van der Waals surface area contributed by atoms with E-state index in [1.807, 2.05) is 84.9 Å². The Labute approximate surface area is 249 Å². The number of ether oxygens (including phenoxy) is 2. The lowest BCUT2D eigenvalue weighted by Gasteiger charge is -2.29. The molecule has 0 aliphatic rings. The van der Waals surface area contributed by atoms with Crippen LogP contribution in [0.5, 0.6) is 5.75 Å². The number of nitrogens with zero attached hydrogens (tertiary/aromatic N) is 1. The molecule has 1 atom stereocenters. The zero-order valence-corrected chi connectivity index (χ0v) is 24.9. The van der Waals surface area contributed by atoms with Crippen LogP contribution in [-0.2, 0) is 33.9 Å². The van der Waals surface area contributed by atoms with E-state index in [1.54, 1.807) is 31.7 Å². The van der Waals surface area contributed by atoms with Gasteiger partial charge in [0.05, 0.1) is 0 Å². The van der Waals surface area contributed by atoms with Crippen molar-refractivity contribution in [2.24, 2.45) is 0 Å². The van der Waals surface area contributed by atoms with E-state index < -0.39 is 17.7 Å². The molecular formula is C35H42N2O5. The molecule has 1 N–H and O–H groups in total. The van der Waals surface area contributed by atoms with Gasteiger partial charge in [-0.05, 0) is 56.0 Å². The highest BCUT2D eigenvalue weighted by molar-refractivity contribution is 5.87. The van der Waals surface area contributed by atoms with Crippen molar-refractivity contribution in [2.75, 3.05) is 6.54 Å². The van der Waals surface area contributed by atoms with E-state index >= 15 is 0 Å². The molecule has 222 valence electrons. The van der Waals surface area contributed by atoms with Crippen LogP contribution in [0.15, 0.2) is 97.6 Å². The molecule has 0 bridgehead atoms. The Morgan fingerprint density at radius 1 is 0.857 bits per heavy atom. The Balaban J connectivity index is 1.78. The van der Waals surface area contributed by atoms with Gasteiger partial charge in [-0.1, -0.05) is 78.9 Å². The molecule has 0 heterocycles. The molecule has 42 heavy (non-hydrogen) atoms. The Morgan fingerprint density at radius 3 is 2.07 bits per heavy atom. The molecule has 2 amide bonds. The molecule has 3 aromatic rings. The summed E-state index contributed by atoms with van der Waals surface area (Å²) >= 11 is 0. The molecule has 0 radical (unpaired) electrons. The van der Waals surface area contributed by atoms with Crippen LogP contribution in [0, 0.1) is 0 Å². The summed E-state index contributed by atoms with van der Waals surface area (Å²) in [5.74, 6) is 0.483. The van der Waals surface area contributed by atoms with Crippen LogP contribution in [0.25, 0.3) is 0 Å². The van der Waals surface area contributed by atoms with Crippen LogP contribution in [0.4, 0.5) is 4.79 Å². The first-order valence-electron chi connectivity index (χ1n) is 14.3. The molecule has 0 fully saturated rings. The Hall–Kier alpha value is -4.39. The second-order valence-electron chi connectivity index (χ2n) is 11.2. The van der Waals surface area contributed by atoms with Gasteiger partial charge in [0.15, 0.2) is 0 Å². The van der Waals surface area contributed by atoms with Gasteiger partial charge in [-0.3, -0.25) is 9.59 Å². The summed E-state index contributed by atoms with van der Waals surface area (Å²) in [6.07, 6.45) is 2.51. The summed E-state index contributed by atoms with van der Waals surface area (Å²) in [4.78, 5) is 40.9. The molecule has 0 aromatic heterocycles. The summed E-state index contributed by atoms with van der Waals surface area (Å²) < 4.78 is 11.4. The van der Waals surface area contributed by atoms with E-state index in [1.165, 1.54) is 0 Å². The molecule has 0 spiro atoms. The van der Waals surface area contributed by atoms with Gasteiger partial charge in [-0.2, -0.15) is 0 Å². The second-order valence-corrected chi connectivity index (χ2v) is 11.2. The van der Waals surface area contributed by atoms with E-state index in [9.17, 15) is 14.4 Å². The zero-order valence-electron chi connectivity index (χ0n) is 24.9. The van der Waals surface area contributed by atoms with Gasteiger partial charge in [-0.25, -0.2) is 4.79 Å². The number of carbonyl (C=O) groups is 3. The molecule has 0 aliphatic carbocycles. The van der Waals surface area contributed by atoms with Gasteiger partial charge in [0.2, 0.25) is 5.91 Å². The maximum Gasteiger partial charge on any atom is 0.408 e. The average Bonchev–Trinajstić information content (AvgIpc) is 2.97. The number of allylic oxidation sites excluding steroid dienone is 1. The number of ketones is 1. The summed E-state index contributed by atoms with van der Waals surface area (Å²) in [5, 5.41) is 2.78. The van der Waals surface area contributed by atoms with Crippen molar-refractivity contribution in [3.05, 3.63) is 114 Å². The van der Waals surface area contributed by atoms with Crippen molar-refractivity contribution in [3.63, 3.8) is 0 Å². The number of hydrogen-bond acceptors (Lipinski definition) is 5. The normalized spacial score (nSPS) is 11.7. The van der Waals surface area contributed by atoms with E-state index in [2.05, 4.69) is 11.9 Å². The molecule has 0 saturated heterocycles. The number of carbonyl (C=O) groups excluding carboxylic acids is 3. The van der Waals surface area contributed by atoms with Crippen LogP contribution in [0.2, 0.25) is 0 Å². The fourth-order valence-electron chi connectivity index (χ4n) is 4.29. The lowest BCUT2D eigenvalue weighted by molar-refractivity contribution is -0.134. The highest BCUT2D eigenvalue weighted by Gasteiger charge is 2.29. The van der Waals surface area contributed by atoms with Gasteiger partial charge in [0, 0.05) is 32.4 Å². The number of amides is 2. The lowest BCUT2D eigenvalue weighted by atomic mass is 10.0. The number of hydrogen-bond donors (Lipinski definition) is 1. The smallest absolute Gasteiger partial charge is 0.408 e. The van der Waals surface area contributed by atoms with E-state index in [4.69, 9.17) is 9.47 Å². The number of benzene rings is 3. The Bertz CT molecular complexity index is 1280. The third kappa shape index (κ3) is 11.6. The van der Waals surface area contributed by atoms with E-state index in [-0.39, 0.29) is 37.6 Å². The molecule has 0 saturated carbocycles. The number of rotatable bonds is 15. The van der Waals surface area contributed by atoms with Gasteiger partial charge in [-0.15, -0.1) is 6.58 Å². The predicted octanol–water partition coefficient (Wildman–Crippen LogP) is 6.66. The van der Waals surface area contributed by atoms with Crippen molar-refractivity contribution in [1.82, 2.24) is 10.2 Å². The highest BCUT2D eigenvalue weighted by atomic mass is 16.6. The molecule has 7 nitrogen and oxygen atoms in total.